The molecule has 2 rings (SSSR count). The molecule has 0 saturated carbocycles. The number of rotatable bonds is 4. The van der Waals surface area contributed by atoms with Gasteiger partial charge in [-0.25, -0.2) is 0 Å². The molecule has 1 aromatic rings. The second-order valence-corrected chi connectivity index (χ2v) is 6.47. The van der Waals surface area contributed by atoms with Crippen molar-refractivity contribution in [2.24, 2.45) is 5.92 Å². The molecule has 3 heteroatoms. The highest BCUT2D eigenvalue weighted by Gasteiger charge is 2.18. The molecular formula is C15H20BrNO. The molecule has 0 saturated heterocycles. The Morgan fingerprint density at radius 1 is 1.33 bits per heavy atom. The Morgan fingerprint density at radius 3 is 2.83 bits per heavy atom. The molecule has 0 spiro atoms. The molecule has 2 nitrogen and oxygen atoms in total. The van der Waals surface area contributed by atoms with Crippen LogP contribution in [0.1, 0.15) is 53.0 Å². The Bertz CT molecular complexity index is 442. The first-order chi connectivity index (χ1) is 8.58. The number of benzene rings is 1. The van der Waals surface area contributed by atoms with Gasteiger partial charge in [-0.15, -0.1) is 0 Å². The molecule has 1 aliphatic heterocycles. The summed E-state index contributed by atoms with van der Waals surface area (Å²) in [5.74, 6) is 0.785. The summed E-state index contributed by atoms with van der Waals surface area (Å²) < 4.78 is 0. The summed E-state index contributed by atoms with van der Waals surface area (Å²) in [5, 5.41) is 2.90. The summed E-state index contributed by atoms with van der Waals surface area (Å²) in [6.45, 7) is 5.23. The van der Waals surface area contributed by atoms with Crippen molar-refractivity contribution in [2.45, 2.75) is 37.9 Å². The topological polar surface area (TPSA) is 29.1 Å². The maximum atomic E-state index is 11.8. The molecule has 1 aliphatic rings. The van der Waals surface area contributed by atoms with Gasteiger partial charge >= 0.3 is 0 Å². The molecule has 0 fully saturated rings. The first-order valence-electron chi connectivity index (χ1n) is 6.63. The zero-order valence-corrected chi connectivity index (χ0v) is 12.6. The minimum atomic E-state index is 0.0710. The van der Waals surface area contributed by atoms with E-state index in [1.54, 1.807) is 0 Å². The van der Waals surface area contributed by atoms with Crippen LogP contribution in [0.5, 0.6) is 0 Å². The van der Waals surface area contributed by atoms with Gasteiger partial charge in [-0.05, 0) is 42.4 Å². The summed E-state index contributed by atoms with van der Waals surface area (Å²) in [6, 6.07) is 6.30. The zero-order valence-electron chi connectivity index (χ0n) is 11.0. The Balaban J connectivity index is 2.14. The van der Waals surface area contributed by atoms with E-state index in [4.69, 9.17) is 0 Å². The van der Waals surface area contributed by atoms with Crippen LogP contribution >= 0.6 is 15.9 Å². The highest BCUT2D eigenvalue weighted by atomic mass is 79.9. The van der Waals surface area contributed by atoms with Crippen LogP contribution in [-0.4, -0.2) is 12.5 Å². The lowest BCUT2D eigenvalue weighted by Crippen LogP contribution is -2.31. The van der Waals surface area contributed by atoms with Crippen molar-refractivity contribution in [3.8, 4) is 0 Å². The predicted molar refractivity (Wildman–Crippen MR) is 78.2 cm³/mol. The van der Waals surface area contributed by atoms with E-state index in [1.165, 1.54) is 17.5 Å². The SMILES string of the molecule is CC(C)CCC(Br)c1ccc2c(c1)C(=O)NCC2. The Labute approximate surface area is 117 Å². The number of halogens is 1. The number of fused-ring (bicyclic) bond motifs is 1. The van der Waals surface area contributed by atoms with Gasteiger partial charge in [-0.2, -0.15) is 0 Å². The summed E-state index contributed by atoms with van der Waals surface area (Å²) in [7, 11) is 0. The monoisotopic (exact) mass is 309 g/mol. The lowest BCUT2D eigenvalue weighted by molar-refractivity contribution is 0.0946. The van der Waals surface area contributed by atoms with Crippen molar-refractivity contribution in [3.05, 3.63) is 34.9 Å². The van der Waals surface area contributed by atoms with E-state index in [2.05, 4.69) is 47.2 Å². The van der Waals surface area contributed by atoms with Gasteiger partial charge in [0.05, 0.1) is 0 Å². The number of carbonyl (C=O) groups excluding carboxylic acids is 1. The van der Waals surface area contributed by atoms with E-state index in [0.717, 1.165) is 24.9 Å². The Hall–Kier alpha value is -0.830. The van der Waals surface area contributed by atoms with Crippen LogP contribution in [0.2, 0.25) is 0 Å². The number of nitrogens with one attached hydrogen (secondary N) is 1. The highest BCUT2D eigenvalue weighted by molar-refractivity contribution is 9.09. The normalized spacial score (nSPS) is 16.3. The standard InChI is InChI=1S/C15H20BrNO/c1-10(2)3-6-14(16)12-5-4-11-7-8-17-15(18)13(11)9-12/h4-5,9-10,14H,3,6-8H2,1-2H3,(H,17,18). The van der Waals surface area contributed by atoms with Crippen molar-refractivity contribution in [3.63, 3.8) is 0 Å². The third-order valence-electron chi connectivity index (χ3n) is 3.42. The van der Waals surface area contributed by atoms with Crippen molar-refractivity contribution in [1.29, 1.82) is 0 Å². The number of hydrogen-bond acceptors (Lipinski definition) is 1. The molecule has 0 aromatic heterocycles. The lowest BCUT2D eigenvalue weighted by Gasteiger charge is -2.19. The largest absolute Gasteiger partial charge is 0.352 e. The molecule has 0 aliphatic carbocycles. The van der Waals surface area contributed by atoms with Gasteiger partial charge in [0.2, 0.25) is 0 Å². The van der Waals surface area contributed by atoms with Crippen molar-refractivity contribution < 1.29 is 4.79 Å². The van der Waals surface area contributed by atoms with Crippen LogP contribution in [0.15, 0.2) is 18.2 Å². The van der Waals surface area contributed by atoms with E-state index in [1.807, 2.05) is 6.07 Å². The third kappa shape index (κ3) is 3.14. The summed E-state index contributed by atoms with van der Waals surface area (Å²) in [4.78, 5) is 12.1. The number of amides is 1. The van der Waals surface area contributed by atoms with Crippen LogP contribution in [0.25, 0.3) is 0 Å². The van der Waals surface area contributed by atoms with Gasteiger partial charge in [0.25, 0.3) is 5.91 Å². The highest BCUT2D eigenvalue weighted by Crippen LogP contribution is 2.31. The number of alkyl halides is 1. The average Bonchev–Trinajstić information content (AvgIpc) is 2.36. The fraction of sp³-hybridized carbons (Fsp3) is 0.533. The van der Waals surface area contributed by atoms with Crippen LogP contribution in [0, 0.1) is 5.92 Å². The maximum Gasteiger partial charge on any atom is 0.251 e. The smallest absolute Gasteiger partial charge is 0.251 e. The zero-order chi connectivity index (χ0) is 13.1. The molecule has 1 unspecified atom stereocenters. The fourth-order valence-corrected chi connectivity index (χ4v) is 2.82. The van der Waals surface area contributed by atoms with Gasteiger partial charge in [0.1, 0.15) is 0 Å². The van der Waals surface area contributed by atoms with Crippen LogP contribution in [-0.2, 0) is 6.42 Å². The maximum absolute atomic E-state index is 11.8. The lowest BCUT2D eigenvalue weighted by atomic mass is 9.95. The minimum Gasteiger partial charge on any atom is -0.352 e. The first-order valence-corrected chi connectivity index (χ1v) is 7.54. The quantitative estimate of drug-likeness (QED) is 0.841. The molecule has 1 N–H and O–H groups in total. The van der Waals surface area contributed by atoms with Crippen molar-refractivity contribution >= 4 is 21.8 Å². The van der Waals surface area contributed by atoms with E-state index >= 15 is 0 Å². The molecule has 1 atom stereocenters. The van der Waals surface area contributed by atoms with Gasteiger partial charge in [0.15, 0.2) is 0 Å². The molecule has 98 valence electrons. The minimum absolute atomic E-state index is 0.0710. The summed E-state index contributed by atoms with van der Waals surface area (Å²) in [6.07, 6.45) is 3.25. The van der Waals surface area contributed by atoms with E-state index in [0.29, 0.717) is 10.7 Å². The molecule has 1 heterocycles. The average molecular weight is 310 g/mol. The predicted octanol–water partition coefficient (Wildman–Crippen LogP) is 3.84. The summed E-state index contributed by atoms with van der Waals surface area (Å²) >= 11 is 3.73. The van der Waals surface area contributed by atoms with Gasteiger partial charge < -0.3 is 5.32 Å². The second kappa shape index (κ2) is 5.87. The van der Waals surface area contributed by atoms with Gasteiger partial charge in [0, 0.05) is 16.9 Å². The molecule has 0 bridgehead atoms. The Kier molecular flexibility index (Phi) is 4.44. The molecule has 1 amide bonds. The summed E-state index contributed by atoms with van der Waals surface area (Å²) in [5.41, 5.74) is 3.24. The first kappa shape index (κ1) is 13.6. The third-order valence-corrected chi connectivity index (χ3v) is 4.40. The van der Waals surface area contributed by atoms with Gasteiger partial charge in [-0.1, -0.05) is 41.9 Å². The van der Waals surface area contributed by atoms with E-state index in [9.17, 15) is 4.79 Å². The number of hydrogen-bond donors (Lipinski definition) is 1. The molecule has 18 heavy (non-hydrogen) atoms. The number of carbonyl (C=O) groups is 1. The van der Waals surface area contributed by atoms with Crippen LogP contribution in [0.3, 0.4) is 0 Å². The van der Waals surface area contributed by atoms with Crippen LogP contribution < -0.4 is 5.32 Å². The van der Waals surface area contributed by atoms with E-state index in [-0.39, 0.29) is 5.91 Å². The van der Waals surface area contributed by atoms with Crippen molar-refractivity contribution in [1.82, 2.24) is 5.32 Å². The molecular weight excluding hydrogens is 290 g/mol. The van der Waals surface area contributed by atoms with Crippen molar-refractivity contribution in [2.75, 3.05) is 6.54 Å². The Morgan fingerprint density at radius 2 is 2.11 bits per heavy atom. The van der Waals surface area contributed by atoms with E-state index < -0.39 is 0 Å². The van der Waals surface area contributed by atoms with Gasteiger partial charge in [-0.3, -0.25) is 4.79 Å². The van der Waals surface area contributed by atoms with Crippen LogP contribution in [0.4, 0.5) is 0 Å². The molecule has 1 aromatic carbocycles. The fourth-order valence-electron chi connectivity index (χ4n) is 2.27. The molecule has 0 radical (unpaired) electrons. The second-order valence-electron chi connectivity index (χ2n) is 5.36.